The average molecular weight is 355 g/mol. The van der Waals surface area contributed by atoms with E-state index in [1.165, 1.54) is 5.56 Å². The van der Waals surface area contributed by atoms with Gasteiger partial charge in [-0.3, -0.25) is 9.69 Å². The highest BCUT2D eigenvalue weighted by Gasteiger charge is 2.19. The number of carbonyl (C=O) groups excluding carboxylic acids is 1. The number of likely N-dealkylation sites (N-methyl/N-ethyl adjacent to an activating group) is 2. The van der Waals surface area contributed by atoms with Crippen molar-refractivity contribution >= 4 is 5.91 Å². The van der Waals surface area contributed by atoms with Crippen molar-refractivity contribution in [1.82, 2.24) is 15.1 Å². The Morgan fingerprint density at radius 3 is 2.35 bits per heavy atom. The Bertz CT molecular complexity index is 689. The summed E-state index contributed by atoms with van der Waals surface area (Å²) in [5.74, 6) is 0.854. The first kappa shape index (κ1) is 19.9. The van der Waals surface area contributed by atoms with Crippen LogP contribution in [0.4, 0.5) is 0 Å². The van der Waals surface area contributed by atoms with Crippen molar-refractivity contribution in [3.05, 3.63) is 65.7 Å². The molecule has 0 fully saturated rings. The van der Waals surface area contributed by atoms with Crippen LogP contribution in [0.5, 0.6) is 5.75 Å². The molecule has 1 atom stereocenters. The normalized spacial score (nSPS) is 12.2. The van der Waals surface area contributed by atoms with E-state index in [-0.39, 0.29) is 11.9 Å². The van der Waals surface area contributed by atoms with Crippen LogP contribution in [0.1, 0.15) is 17.2 Å². The second-order valence-corrected chi connectivity index (χ2v) is 6.68. The molecule has 0 aliphatic heterocycles. The zero-order valence-electron chi connectivity index (χ0n) is 16.1. The summed E-state index contributed by atoms with van der Waals surface area (Å²) in [6.45, 7) is 1.64. The fraction of sp³-hybridized carbons (Fsp3) is 0.381. The first-order valence-corrected chi connectivity index (χ1v) is 8.79. The molecule has 0 spiro atoms. The Balaban J connectivity index is 1.91. The van der Waals surface area contributed by atoms with E-state index in [4.69, 9.17) is 4.74 Å². The van der Waals surface area contributed by atoms with Crippen molar-refractivity contribution in [2.24, 2.45) is 0 Å². The molecule has 1 N–H and O–H groups in total. The number of hydrogen-bond acceptors (Lipinski definition) is 4. The molecule has 0 saturated carbocycles. The van der Waals surface area contributed by atoms with Gasteiger partial charge >= 0.3 is 0 Å². The number of nitrogens with zero attached hydrogens (tertiary/aromatic N) is 2. The van der Waals surface area contributed by atoms with Crippen molar-refractivity contribution in [2.75, 3.05) is 41.3 Å². The highest BCUT2D eigenvalue weighted by atomic mass is 16.5. The van der Waals surface area contributed by atoms with Crippen LogP contribution >= 0.6 is 0 Å². The predicted molar refractivity (Wildman–Crippen MR) is 105 cm³/mol. The van der Waals surface area contributed by atoms with Crippen LogP contribution in [0.25, 0.3) is 0 Å². The quantitative estimate of drug-likeness (QED) is 0.751. The summed E-state index contributed by atoms with van der Waals surface area (Å²) < 4.78 is 5.47. The largest absolute Gasteiger partial charge is 0.496 e. The molecule has 0 bridgehead atoms. The van der Waals surface area contributed by atoms with Gasteiger partial charge in [0.05, 0.1) is 19.7 Å². The third-order valence-corrected chi connectivity index (χ3v) is 4.32. The molecule has 0 heterocycles. The summed E-state index contributed by atoms with van der Waals surface area (Å²) in [5, 5.41) is 3.05. The van der Waals surface area contributed by atoms with Crippen molar-refractivity contribution in [3.8, 4) is 5.75 Å². The lowest BCUT2D eigenvalue weighted by molar-refractivity contribution is -0.122. The number of para-hydroxylation sites is 1. The molecule has 0 radical (unpaired) electrons. The van der Waals surface area contributed by atoms with E-state index in [9.17, 15) is 4.79 Å². The van der Waals surface area contributed by atoms with Gasteiger partial charge in [0.1, 0.15) is 5.75 Å². The second kappa shape index (κ2) is 9.94. The van der Waals surface area contributed by atoms with Crippen molar-refractivity contribution < 1.29 is 9.53 Å². The lowest BCUT2D eigenvalue weighted by Gasteiger charge is -2.27. The third kappa shape index (κ3) is 5.86. The number of rotatable bonds is 9. The maximum Gasteiger partial charge on any atom is 0.234 e. The van der Waals surface area contributed by atoms with Crippen molar-refractivity contribution in [1.29, 1.82) is 0 Å². The monoisotopic (exact) mass is 355 g/mol. The van der Waals surface area contributed by atoms with Crippen molar-refractivity contribution in [3.63, 3.8) is 0 Å². The topological polar surface area (TPSA) is 44.8 Å². The molecular weight excluding hydrogens is 326 g/mol. The molecule has 140 valence electrons. The minimum atomic E-state index is 0.0187. The molecule has 2 aromatic rings. The summed E-state index contributed by atoms with van der Waals surface area (Å²) in [6.07, 6.45) is 0. The fourth-order valence-corrected chi connectivity index (χ4v) is 2.97. The Morgan fingerprint density at radius 2 is 1.69 bits per heavy atom. The van der Waals surface area contributed by atoms with Crippen LogP contribution in [-0.4, -0.2) is 57.0 Å². The number of benzene rings is 2. The Kier molecular flexibility index (Phi) is 7.63. The maximum absolute atomic E-state index is 12.4. The Morgan fingerprint density at radius 1 is 1.04 bits per heavy atom. The van der Waals surface area contributed by atoms with Crippen LogP contribution in [0.3, 0.4) is 0 Å². The summed E-state index contributed by atoms with van der Waals surface area (Å²) in [4.78, 5) is 16.5. The number of hydrogen-bond donors (Lipinski definition) is 1. The molecule has 0 aliphatic rings. The molecule has 26 heavy (non-hydrogen) atoms. The van der Waals surface area contributed by atoms with Crippen LogP contribution in [0.15, 0.2) is 54.6 Å². The van der Waals surface area contributed by atoms with E-state index in [1.54, 1.807) is 7.11 Å². The van der Waals surface area contributed by atoms with E-state index < -0.39 is 0 Å². The number of amides is 1. The predicted octanol–water partition coefficient (Wildman–Crippen LogP) is 2.55. The van der Waals surface area contributed by atoms with Gasteiger partial charge in [0.2, 0.25) is 5.91 Å². The van der Waals surface area contributed by atoms with Gasteiger partial charge in [-0.25, -0.2) is 0 Å². The van der Waals surface area contributed by atoms with Crippen LogP contribution in [0, 0.1) is 0 Å². The molecule has 1 unspecified atom stereocenters. The summed E-state index contributed by atoms with van der Waals surface area (Å²) in [7, 11) is 7.63. The number of carbonyl (C=O) groups is 1. The maximum atomic E-state index is 12.4. The van der Waals surface area contributed by atoms with Crippen molar-refractivity contribution in [2.45, 2.75) is 12.6 Å². The van der Waals surface area contributed by atoms with Gasteiger partial charge in [-0.15, -0.1) is 0 Å². The smallest absolute Gasteiger partial charge is 0.234 e. The van der Waals surface area contributed by atoms with Gasteiger partial charge in [0.25, 0.3) is 0 Å². The van der Waals surface area contributed by atoms with Gasteiger partial charge in [-0.2, -0.15) is 0 Å². The average Bonchev–Trinajstić information content (AvgIpc) is 2.62. The van der Waals surface area contributed by atoms with E-state index in [2.05, 4.69) is 22.3 Å². The lowest BCUT2D eigenvalue weighted by Crippen LogP contribution is -2.39. The van der Waals surface area contributed by atoms with E-state index in [0.717, 1.165) is 17.9 Å². The number of nitrogens with one attached hydrogen (secondary N) is 1. The summed E-state index contributed by atoms with van der Waals surface area (Å²) in [5.41, 5.74) is 2.26. The van der Waals surface area contributed by atoms with Gasteiger partial charge in [0, 0.05) is 18.7 Å². The minimum absolute atomic E-state index is 0.0187. The zero-order chi connectivity index (χ0) is 18.9. The highest BCUT2D eigenvalue weighted by Crippen LogP contribution is 2.27. The van der Waals surface area contributed by atoms with Crippen LogP contribution in [-0.2, 0) is 11.3 Å². The minimum Gasteiger partial charge on any atom is -0.496 e. The van der Waals surface area contributed by atoms with Crippen LogP contribution in [0.2, 0.25) is 0 Å². The standard InChI is InChI=1S/C21H29N3O2/c1-23(2)19(18-12-8-9-13-20(18)26-4)14-22-21(25)16-24(3)15-17-10-6-5-7-11-17/h5-13,19H,14-16H2,1-4H3,(H,22,25). The molecule has 2 rings (SSSR count). The first-order valence-electron chi connectivity index (χ1n) is 8.79. The number of methoxy groups -OCH3 is 1. The van der Waals surface area contributed by atoms with Crippen LogP contribution < -0.4 is 10.1 Å². The highest BCUT2D eigenvalue weighted by molar-refractivity contribution is 5.78. The van der Waals surface area contributed by atoms with E-state index in [0.29, 0.717) is 13.1 Å². The Labute approximate surface area is 156 Å². The lowest BCUT2D eigenvalue weighted by atomic mass is 10.0. The molecule has 0 saturated heterocycles. The summed E-state index contributed by atoms with van der Waals surface area (Å²) in [6, 6.07) is 18.1. The van der Waals surface area contributed by atoms with Gasteiger partial charge in [-0.1, -0.05) is 48.5 Å². The molecule has 2 aromatic carbocycles. The first-order chi connectivity index (χ1) is 12.5. The summed E-state index contributed by atoms with van der Waals surface area (Å²) >= 11 is 0. The van der Waals surface area contributed by atoms with Gasteiger partial charge in [0.15, 0.2) is 0 Å². The molecule has 5 heteroatoms. The van der Waals surface area contributed by atoms with Gasteiger partial charge in [-0.05, 0) is 32.8 Å². The SMILES string of the molecule is COc1ccccc1C(CNC(=O)CN(C)Cc1ccccc1)N(C)C. The van der Waals surface area contributed by atoms with E-state index in [1.807, 2.05) is 68.5 Å². The molecule has 1 amide bonds. The molecular formula is C21H29N3O2. The van der Waals surface area contributed by atoms with Gasteiger partial charge < -0.3 is 15.0 Å². The van der Waals surface area contributed by atoms with E-state index >= 15 is 0 Å². The molecule has 0 aromatic heterocycles. The third-order valence-electron chi connectivity index (χ3n) is 4.32. The second-order valence-electron chi connectivity index (χ2n) is 6.68. The number of ether oxygens (including phenoxy) is 1. The fourth-order valence-electron chi connectivity index (χ4n) is 2.97. The molecule has 5 nitrogen and oxygen atoms in total. The molecule has 0 aliphatic carbocycles. The Hall–Kier alpha value is -2.37. The zero-order valence-corrected chi connectivity index (χ0v) is 16.1.